The van der Waals surface area contributed by atoms with Gasteiger partial charge in [0.2, 0.25) is 0 Å². The Labute approximate surface area is 90.7 Å². The van der Waals surface area contributed by atoms with E-state index >= 15 is 0 Å². The lowest BCUT2D eigenvalue weighted by Crippen LogP contribution is -2.05. The van der Waals surface area contributed by atoms with E-state index in [1.807, 2.05) is 18.2 Å². The Morgan fingerprint density at radius 2 is 2.21 bits per heavy atom. The van der Waals surface area contributed by atoms with Crippen LogP contribution in [0, 0.1) is 0 Å². The van der Waals surface area contributed by atoms with E-state index in [-0.39, 0.29) is 0 Å². The quantitative estimate of drug-likeness (QED) is 0.890. The van der Waals surface area contributed by atoms with E-state index in [1.165, 1.54) is 5.56 Å². The van der Waals surface area contributed by atoms with Crippen LogP contribution in [-0.4, -0.2) is 9.78 Å². The maximum absolute atomic E-state index is 5.72. The average molecular weight is 252 g/mol. The topological polar surface area (TPSA) is 43.8 Å². The first-order valence-electron chi connectivity index (χ1n) is 4.27. The minimum atomic E-state index is 0.685. The van der Waals surface area contributed by atoms with Gasteiger partial charge < -0.3 is 5.73 Å². The summed E-state index contributed by atoms with van der Waals surface area (Å²) in [5, 5.41) is 4.12. The lowest BCUT2D eigenvalue weighted by atomic mass is 10.2. The number of nitrogens with two attached hydrogens (primary N) is 1. The van der Waals surface area contributed by atoms with Gasteiger partial charge in [-0.05, 0) is 23.8 Å². The number of benzene rings is 1. The summed E-state index contributed by atoms with van der Waals surface area (Å²) < 4.78 is 2.84. The number of hydrogen-bond acceptors (Lipinski definition) is 2. The first-order valence-corrected chi connectivity index (χ1v) is 5.07. The molecule has 0 saturated heterocycles. The van der Waals surface area contributed by atoms with E-state index < -0.39 is 0 Å². The number of nitrogens with zero attached hydrogens (tertiary/aromatic N) is 2. The van der Waals surface area contributed by atoms with Crippen LogP contribution in [0.2, 0.25) is 0 Å². The van der Waals surface area contributed by atoms with Crippen molar-refractivity contribution < 1.29 is 0 Å². The SMILES string of the molecule is Nc1ccnn1Cc1cccc(Br)c1. The Bertz CT molecular complexity index is 436. The van der Waals surface area contributed by atoms with Crippen LogP contribution in [0.5, 0.6) is 0 Å². The van der Waals surface area contributed by atoms with E-state index in [0.717, 1.165) is 4.47 Å². The predicted molar refractivity (Wildman–Crippen MR) is 59.9 cm³/mol. The summed E-state index contributed by atoms with van der Waals surface area (Å²) in [6, 6.07) is 9.89. The Morgan fingerprint density at radius 3 is 2.86 bits per heavy atom. The molecule has 0 bridgehead atoms. The number of halogens is 1. The number of anilines is 1. The lowest BCUT2D eigenvalue weighted by molar-refractivity contribution is 0.697. The summed E-state index contributed by atoms with van der Waals surface area (Å²) in [6.07, 6.45) is 1.70. The number of hydrogen-bond donors (Lipinski definition) is 1. The summed E-state index contributed by atoms with van der Waals surface area (Å²) in [6.45, 7) is 0.707. The molecule has 0 unspecified atom stereocenters. The maximum Gasteiger partial charge on any atom is 0.122 e. The normalized spacial score (nSPS) is 10.4. The van der Waals surface area contributed by atoms with Crippen LogP contribution in [-0.2, 0) is 6.54 Å². The fourth-order valence-corrected chi connectivity index (χ4v) is 1.73. The molecule has 0 atom stereocenters. The van der Waals surface area contributed by atoms with Crippen molar-refractivity contribution in [3.8, 4) is 0 Å². The molecule has 1 aromatic carbocycles. The molecule has 2 rings (SSSR count). The molecule has 1 heterocycles. The van der Waals surface area contributed by atoms with Gasteiger partial charge in [-0.25, -0.2) is 4.68 Å². The third-order valence-corrected chi connectivity index (χ3v) is 2.46. The highest BCUT2D eigenvalue weighted by atomic mass is 79.9. The second-order valence-corrected chi connectivity index (χ2v) is 3.96. The minimum absolute atomic E-state index is 0.685. The first-order chi connectivity index (χ1) is 6.75. The van der Waals surface area contributed by atoms with Crippen molar-refractivity contribution in [3.05, 3.63) is 46.6 Å². The standard InChI is InChI=1S/C10H10BrN3/c11-9-3-1-2-8(6-9)7-14-10(12)4-5-13-14/h1-6H,7,12H2. The zero-order valence-electron chi connectivity index (χ0n) is 7.52. The molecule has 0 amide bonds. The fourth-order valence-electron chi connectivity index (χ4n) is 1.28. The molecule has 0 saturated carbocycles. The molecule has 2 N–H and O–H groups in total. The van der Waals surface area contributed by atoms with Crippen molar-refractivity contribution in [2.75, 3.05) is 5.73 Å². The molecule has 0 aliphatic rings. The Morgan fingerprint density at radius 1 is 1.36 bits per heavy atom. The smallest absolute Gasteiger partial charge is 0.122 e. The molecule has 0 spiro atoms. The molecule has 0 radical (unpaired) electrons. The Kier molecular flexibility index (Phi) is 2.54. The molecule has 0 aliphatic carbocycles. The molecule has 1 aromatic heterocycles. The van der Waals surface area contributed by atoms with Gasteiger partial charge in [0, 0.05) is 4.47 Å². The molecule has 0 aliphatic heterocycles. The summed E-state index contributed by atoms with van der Waals surface area (Å²) in [7, 11) is 0. The van der Waals surface area contributed by atoms with Crippen molar-refractivity contribution >= 4 is 21.7 Å². The van der Waals surface area contributed by atoms with Crippen molar-refractivity contribution in [1.29, 1.82) is 0 Å². The van der Waals surface area contributed by atoms with E-state index in [2.05, 4.69) is 27.1 Å². The van der Waals surface area contributed by atoms with Crippen LogP contribution in [0.15, 0.2) is 41.0 Å². The molecular weight excluding hydrogens is 242 g/mol. The molecule has 3 nitrogen and oxygen atoms in total. The fraction of sp³-hybridized carbons (Fsp3) is 0.100. The number of aromatic nitrogens is 2. The van der Waals surface area contributed by atoms with Gasteiger partial charge in [0.05, 0.1) is 12.7 Å². The second-order valence-electron chi connectivity index (χ2n) is 3.04. The lowest BCUT2D eigenvalue weighted by Gasteiger charge is -2.04. The van der Waals surface area contributed by atoms with Crippen molar-refractivity contribution in [2.45, 2.75) is 6.54 Å². The second kappa shape index (κ2) is 3.84. The monoisotopic (exact) mass is 251 g/mol. The van der Waals surface area contributed by atoms with Crippen LogP contribution in [0.4, 0.5) is 5.82 Å². The number of nitrogen functional groups attached to an aromatic ring is 1. The Hall–Kier alpha value is -1.29. The summed E-state index contributed by atoms with van der Waals surface area (Å²) >= 11 is 3.42. The van der Waals surface area contributed by atoms with E-state index in [0.29, 0.717) is 12.4 Å². The summed E-state index contributed by atoms with van der Waals surface area (Å²) in [5.74, 6) is 0.685. The highest BCUT2D eigenvalue weighted by molar-refractivity contribution is 9.10. The van der Waals surface area contributed by atoms with E-state index in [1.54, 1.807) is 16.9 Å². The molecule has 14 heavy (non-hydrogen) atoms. The van der Waals surface area contributed by atoms with Crippen molar-refractivity contribution in [1.82, 2.24) is 9.78 Å². The third-order valence-electron chi connectivity index (χ3n) is 1.97. The third kappa shape index (κ3) is 1.96. The van der Waals surface area contributed by atoms with Crippen LogP contribution >= 0.6 is 15.9 Å². The maximum atomic E-state index is 5.72. The molecular formula is C10H10BrN3. The first kappa shape index (κ1) is 9.27. The molecule has 4 heteroatoms. The molecule has 72 valence electrons. The van der Waals surface area contributed by atoms with Crippen LogP contribution in [0.25, 0.3) is 0 Å². The van der Waals surface area contributed by atoms with Gasteiger partial charge in [0.25, 0.3) is 0 Å². The van der Waals surface area contributed by atoms with E-state index in [9.17, 15) is 0 Å². The highest BCUT2D eigenvalue weighted by Gasteiger charge is 1.99. The van der Waals surface area contributed by atoms with Crippen molar-refractivity contribution in [2.24, 2.45) is 0 Å². The van der Waals surface area contributed by atoms with Crippen LogP contribution < -0.4 is 5.73 Å². The van der Waals surface area contributed by atoms with Gasteiger partial charge in [0.1, 0.15) is 5.82 Å². The van der Waals surface area contributed by atoms with Crippen molar-refractivity contribution in [3.63, 3.8) is 0 Å². The summed E-state index contributed by atoms with van der Waals surface area (Å²) in [5.41, 5.74) is 6.89. The van der Waals surface area contributed by atoms with Gasteiger partial charge in [-0.2, -0.15) is 5.10 Å². The van der Waals surface area contributed by atoms with Crippen LogP contribution in [0.1, 0.15) is 5.56 Å². The zero-order chi connectivity index (χ0) is 9.97. The molecule has 2 aromatic rings. The molecule has 0 fully saturated rings. The average Bonchev–Trinajstić information content (AvgIpc) is 2.52. The van der Waals surface area contributed by atoms with Gasteiger partial charge in [-0.3, -0.25) is 0 Å². The van der Waals surface area contributed by atoms with Gasteiger partial charge >= 0.3 is 0 Å². The van der Waals surface area contributed by atoms with E-state index in [4.69, 9.17) is 5.73 Å². The highest BCUT2D eigenvalue weighted by Crippen LogP contribution is 2.13. The van der Waals surface area contributed by atoms with Gasteiger partial charge in [-0.1, -0.05) is 28.1 Å². The van der Waals surface area contributed by atoms with Crippen LogP contribution in [0.3, 0.4) is 0 Å². The zero-order valence-corrected chi connectivity index (χ0v) is 9.11. The van der Waals surface area contributed by atoms with Gasteiger partial charge in [0.15, 0.2) is 0 Å². The summed E-state index contributed by atoms with van der Waals surface area (Å²) in [4.78, 5) is 0. The predicted octanol–water partition coefficient (Wildman–Crippen LogP) is 2.28. The van der Waals surface area contributed by atoms with Gasteiger partial charge in [-0.15, -0.1) is 0 Å². The largest absolute Gasteiger partial charge is 0.384 e. The Balaban J connectivity index is 2.23. The number of rotatable bonds is 2. The minimum Gasteiger partial charge on any atom is -0.384 e.